The predicted octanol–water partition coefficient (Wildman–Crippen LogP) is 3.03. The quantitative estimate of drug-likeness (QED) is 0.578. The van der Waals surface area contributed by atoms with Gasteiger partial charge in [-0.05, 0) is 25.7 Å². The van der Waals surface area contributed by atoms with Gasteiger partial charge in [-0.1, -0.05) is 11.3 Å². The number of nitrogens with zero attached hydrogens (tertiary/aromatic N) is 3. The molecule has 10 heteroatoms. The van der Waals surface area contributed by atoms with E-state index in [1.807, 2.05) is 0 Å². The second-order valence-corrected chi connectivity index (χ2v) is 10.3. The van der Waals surface area contributed by atoms with E-state index < -0.39 is 14.8 Å². The van der Waals surface area contributed by atoms with Crippen molar-refractivity contribution in [3.05, 3.63) is 31.8 Å². The van der Waals surface area contributed by atoms with E-state index in [0.29, 0.717) is 11.5 Å². The van der Waals surface area contributed by atoms with Crippen LogP contribution in [0, 0.1) is 10.1 Å². The van der Waals surface area contributed by atoms with Crippen LogP contribution in [-0.4, -0.2) is 31.6 Å². The number of hydrogen-bond acceptors (Lipinski definition) is 8. The van der Waals surface area contributed by atoms with Crippen LogP contribution in [0.25, 0.3) is 0 Å². The van der Waals surface area contributed by atoms with Crippen LogP contribution in [0.15, 0.2) is 10.3 Å². The van der Waals surface area contributed by atoms with Gasteiger partial charge in [-0.25, -0.2) is 13.4 Å². The summed E-state index contributed by atoms with van der Waals surface area (Å²) in [5.41, 5.74) is 0.969. The molecule has 0 fully saturated rings. The minimum atomic E-state index is -3.47. The summed E-state index contributed by atoms with van der Waals surface area (Å²) in [4.78, 5) is 18.4. The largest absolute Gasteiger partial charge is 0.354 e. The Morgan fingerprint density at radius 1 is 1.33 bits per heavy atom. The molecule has 1 aliphatic carbocycles. The molecule has 0 atom stereocenters. The zero-order valence-electron chi connectivity index (χ0n) is 13.3. The van der Waals surface area contributed by atoms with Crippen molar-refractivity contribution in [1.82, 2.24) is 4.98 Å². The Balaban J connectivity index is 1.89. The number of thiazole rings is 1. The molecule has 0 saturated heterocycles. The molecule has 2 heterocycles. The fourth-order valence-electron chi connectivity index (χ4n) is 2.69. The lowest BCUT2D eigenvalue weighted by atomic mass is 10.0. The van der Waals surface area contributed by atoms with Crippen LogP contribution >= 0.6 is 22.7 Å². The molecule has 24 heavy (non-hydrogen) atoms. The average Bonchev–Trinajstić information content (AvgIpc) is 3.10. The number of fused-ring (bicyclic) bond motifs is 1. The third-order valence-electron chi connectivity index (χ3n) is 3.84. The number of hydrogen-bond donors (Lipinski definition) is 0. The fourth-order valence-corrected chi connectivity index (χ4v) is 5.88. The van der Waals surface area contributed by atoms with Crippen molar-refractivity contribution in [2.24, 2.45) is 0 Å². The standard InChI is InChI=1S/C14H17N3O4S3/c1-16(8-12-15-9-5-3-4-6-11(9)22-12)14-10(17(18)19)7-13(23-14)24(2,20)21/h7H,3-6,8H2,1-2H3. The van der Waals surface area contributed by atoms with Crippen molar-refractivity contribution in [2.45, 2.75) is 36.4 Å². The second-order valence-electron chi connectivity index (χ2n) is 5.83. The maximum Gasteiger partial charge on any atom is 0.305 e. The molecule has 0 aliphatic heterocycles. The van der Waals surface area contributed by atoms with Crippen LogP contribution in [0.3, 0.4) is 0 Å². The second kappa shape index (κ2) is 6.41. The van der Waals surface area contributed by atoms with Gasteiger partial charge in [0.1, 0.15) is 9.22 Å². The van der Waals surface area contributed by atoms with Crippen LogP contribution in [0.5, 0.6) is 0 Å². The van der Waals surface area contributed by atoms with Gasteiger partial charge in [-0.15, -0.1) is 11.3 Å². The molecular weight excluding hydrogens is 370 g/mol. The summed E-state index contributed by atoms with van der Waals surface area (Å²) >= 11 is 2.58. The third kappa shape index (κ3) is 3.45. The van der Waals surface area contributed by atoms with E-state index in [0.717, 1.165) is 53.6 Å². The smallest absolute Gasteiger partial charge is 0.305 e. The highest BCUT2D eigenvalue weighted by atomic mass is 32.2. The molecule has 0 aromatic carbocycles. The summed E-state index contributed by atoms with van der Waals surface area (Å²) < 4.78 is 23.4. The zero-order chi connectivity index (χ0) is 17.5. The first-order valence-corrected chi connectivity index (χ1v) is 10.9. The molecular formula is C14H17N3O4S3. The molecule has 0 N–H and O–H groups in total. The molecule has 1 aliphatic rings. The molecule has 2 aromatic heterocycles. The minimum absolute atomic E-state index is 0.00878. The molecule has 3 rings (SSSR count). The Morgan fingerprint density at radius 2 is 2.04 bits per heavy atom. The molecule has 0 radical (unpaired) electrons. The molecule has 0 bridgehead atoms. The summed E-state index contributed by atoms with van der Waals surface area (Å²) in [5.74, 6) is 0. The Kier molecular flexibility index (Phi) is 4.63. The third-order valence-corrected chi connectivity index (χ3v) is 8.02. The fraction of sp³-hybridized carbons (Fsp3) is 0.500. The van der Waals surface area contributed by atoms with Crippen molar-refractivity contribution in [3.8, 4) is 0 Å². The van der Waals surface area contributed by atoms with Gasteiger partial charge >= 0.3 is 5.69 Å². The number of aromatic nitrogens is 1. The number of rotatable bonds is 5. The Bertz CT molecular complexity index is 862. The number of thiophene rings is 1. The number of anilines is 1. The van der Waals surface area contributed by atoms with Gasteiger partial charge in [0, 0.05) is 24.2 Å². The normalized spacial score (nSPS) is 14.4. The molecule has 0 spiro atoms. The molecule has 0 saturated carbocycles. The van der Waals surface area contributed by atoms with Gasteiger partial charge in [0.25, 0.3) is 0 Å². The van der Waals surface area contributed by atoms with E-state index in [-0.39, 0.29) is 9.90 Å². The van der Waals surface area contributed by atoms with Gasteiger partial charge in [-0.3, -0.25) is 10.1 Å². The van der Waals surface area contributed by atoms with Crippen molar-refractivity contribution >= 4 is 43.2 Å². The van der Waals surface area contributed by atoms with Crippen LogP contribution in [0.1, 0.15) is 28.4 Å². The molecule has 0 amide bonds. The summed E-state index contributed by atoms with van der Waals surface area (Å²) in [6.07, 6.45) is 5.43. The Morgan fingerprint density at radius 3 is 2.67 bits per heavy atom. The van der Waals surface area contributed by atoms with Crippen molar-refractivity contribution in [1.29, 1.82) is 0 Å². The van der Waals surface area contributed by atoms with E-state index in [2.05, 4.69) is 4.98 Å². The van der Waals surface area contributed by atoms with Gasteiger partial charge in [-0.2, -0.15) is 0 Å². The summed E-state index contributed by atoms with van der Waals surface area (Å²) in [5, 5.41) is 12.5. The maximum atomic E-state index is 11.7. The first-order chi connectivity index (χ1) is 11.3. The SMILES string of the molecule is CN(Cc1nc2c(s1)CCCC2)c1sc(S(C)(=O)=O)cc1[N+](=O)[O-]. The van der Waals surface area contributed by atoms with Crippen LogP contribution in [-0.2, 0) is 29.2 Å². The molecule has 130 valence electrons. The molecule has 2 aromatic rings. The monoisotopic (exact) mass is 387 g/mol. The highest BCUT2D eigenvalue weighted by Crippen LogP contribution is 2.40. The molecule has 0 unspecified atom stereocenters. The lowest BCUT2D eigenvalue weighted by Gasteiger charge is -2.14. The Hall–Kier alpha value is -1.52. The zero-order valence-corrected chi connectivity index (χ0v) is 15.8. The number of sulfone groups is 1. The maximum absolute atomic E-state index is 11.7. The van der Waals surface area contributed by atoms with E-state index >= 15 is 0 Å². The first kappa shape index (κ1) is 17.3. The number of nitro groups is 1. The highest BCUT2D eigenvalue weighted by molar-refractivity contribution is 7.92. The van der Waals surface area contributed by atoms with E-state index in [9.17, 15) is 18.5 Å². The Labute approximate surface area is 148 Å². The first-order valence-electron chi connectivity index (χ1n) is 7.42. The summed E-state index contributed by atoms with van der Waals surface area (Å²) in [6, 6.07) is 1.14. The van der Waals surface area contributed by atoms with E-state index in [1.54, 1.807) is 23.3 Å². The number of aryl methyl sites for hydroxylation is 2. The van der Waals surface area contributed by atoms with Crippen molar-refractivity contribution < 1.29 is 13.3 Å². The van der Waals surface area contributed by atoms with E-state index in [1.165, 1.54) is 11.3 Å². The van der Waals surface area contributed by atoms with Crippen molar-refractivity contribution in [2.75, 3.05) is 18.2 Å². The van der Waals surface area contributed by atoms with Gasteiger partial charge in [0.15, 0.2) is 14.8 Å². The minimum Gasteiger partial charge on any atom is -0.354 e. The van der Waals surface area contributed by atoms with Crippen LogP contribution in [0.2, 0.25) is 0 Å². The van der Waals surface area contributed by atoms with Gasteiger partial charge in [0.05, 0.1) is 17.2 Å². The predicted molar refractivity (Wildman–Crippen MR) is 94.9 cm³/mol. The summed E-state index contributed by atoms with van der Waals surface area (Å²) in [6.45, 7) is 0.433. The lowest BCUT2D eigenvalue weighted by molar-refractivity contribution is -0.383. The average molecular weight is 388 g/mol. The highest BCUT2D eigenvalue weighted by Gasteiger charge is 2.27. The lowest BCUT2D eigenvalue weighted by Crippen LogP contribution is -2.16. The van der Waals surface area contributed by atoms with Crippen molar-refractivity contribution in [3.63, 3.8) is 0 Å². The van der Waals surface area contributed by atoms with Crippen LogP contribution < -0.4 is 4.90 Å². The van der Waals surface area contributed by atoms with E-state index in [4.69, 9.17) is 0 Å². The molecule has 7 nitrogen and oxygen atoms in total. The van der Waals surface area contributed by atoms with Crippen LogP contribution in [0.4, 0.5) is 10.7 Å². The van der Waals surface area contributed by atoms with Gasteiger partial charge < -0.3 is 4.90 Å². The topological polar surface area (TPSA) is 93.4 Å². The van der Waals surface area contributed by atoms with Gasteiger partial charge in [0.2, 0.25) is 0 Å². The summed E-state index contributed by atoms with van der Waals surface area (Å²) in [7, 11) is -1.74.